The van der Waals surface area contributed by atoms with Crippen molar-refractivity contribution in [2.75, 3.05) is 13.6 Å². The summed E-state index contributed by atoms with van der Waals surface area (Å²) in [7, 11) is 2.15. The molecule has 4 heteroatoms. The highest BCUT2D eigenvalue weighted by atomic mass is 15.3. The van der Waals surface area contributed by atoms with Crippen molar-refractivity contribution < 1.29 is 0 Å². The van der Waals surface area contributed by atoms with Crippen LogP contribution in [0.5, 0.6) is 0 Å². The Morgan fingerprint density at radius 2 is 2.10 bits per heavy atom. The van der Waals surface area contributed by atoms with Gasteiger partial charge in [0, 0.05) is 24.8 Å². The van der Waals surface area contributed by atoms with E-state index in [2.05, 4.69) is 42.7 Å². The van der Waals surface area contributed by atoms with Gasteiger partial charge in [-0.1, -0.05) is 26.2 Å². The van der Waals surface area contributed by atoms with E-state index < -0.39 is 0 Å². The van der Waals surface area contributed by atoms with Crippen molar-refractivity contribution in [1.82, 2.24) is 14.7 Å². The number of nitrogens with zero attached hydrogens (tertiary/aromatic N) is 3. The highest BCUT2D eigenvalue weighted by molar-refractivity contribution is 5.01. The van der Waals surface area contributed by atoms with Crippen molar-refractivity contribution in [2.45, 2.75) is 70.5 Å². The van der Waals surface area contributed by atoms with Gasteiger partial charge >= 0.3 is 0 Å². The van der Waals surface area contributed by atoms with Crippen LogP contribution < -0.4 is 5.73 Å². The van der Waals surface area contributed by atoms with E-state index in [-0.39, 0.29) is 5.54 Å². The third-order valence-electron chi connectivity index (χ3n) is 5.13. The first-order chi connectivity index (χ1) is 9.59. The molecule has 0 saturated heterocycles. The zero-order chi connectivity index (χ0) is 14.6. The fourth-order valence-corrected chi connectivity index (χ4v) is 3.01. The normalized spacial score (nSPS) is 20.2. The van der Waals surface area contributed by atoms with Crippen LogP contribution in [-0.2, 0) is 6.54 Å². The van der Waals surface area contributed by atoms with Gasteiger partial charge in [-0.15, -0.1) is 0 Å². The molecular formula is C16H30N4. The quantitative estimate of drug-likeness (QED) is 0.870. The van der Waals surface area contributed by atoms with E-state index in [1.165, 1.54) is 32.1 Å². The van der Waals surface area contributed by atoms with Gasteiger partial charge in [-0.05, 0) is 39.3 Å². The number of aromatic nitrogens is 2. The van der Waals surface area contributed by atoms with Crippen LogP contribution >= 0.6 is 0 Å². The second-order valence-corrected chi connectivity index (χ2v) is 6.49. The van der Waals surface area contributed by atoms with Crippen LogP contribution in [0.25, 0.3) is 0 Å². The second kappa shape index (κ2) is 6.72. The number of rotatable bonds is 6. The summed E-state index contributed by atoms with van der Waals surface area (Å²) in [5.41, 5.74) is 7.15. The zero-order valence-electron chi connectivity index (χ0n) is 13.3. The molecule has 0 aromatic carbocycles. The lowest BCUT2D eigenvalue weighted by atomic mass is 9.96. The third kappa shape index (κ3) is 3.41. The average Bonchev–Trinajstić information content (AvgIpc) is 2.95. The summed E-state index contributed by atoms with van der Waals surface area (Å²) in [6.07, 6.45) is 9.87. The summed E-state index contributed by atoms with van der Waals surface area (Å²) >= 11 is 0. The molecule has 1 atom stereocenters. The van der Waals surface area contributed by atoms with Crippen molar-refractivity contribution >= 4 is 0 Å². The van der Waals surface area contributed by atoms with Crippen molar-refractivity contribution in [3.05, 3.63) is 18.0 Å². The fraction of sp³-hybridized carbons (Fsp3) is 0.812. The Kier molecular flexibility index (Phi) is 5.22. The summed E-state index contributed by atoms with van der Waals surface area (Å²) < 4.78 is 2.19. The van der Waals surface area contributed by atoms with E-state index >= 15 is 0 Å². The van der Waals surface area contributed by atoms with E-state index in [1.807, 2.05) is 0 Å². The molecule has 1 heterocycles. The van der Waals surface area contributed by atoms with Crippen LogP contribution in [0.4, 0.5) is 0 Å². The second-order valence-electron chi connectivity index (χ2n) is 6.49. The van der Waals surface area contributed by atoms with Crippen LogP contribution in [0.15, 0.2) is 12.3 Å². The SMILES string of the molecule is CCC(C)(CN)N(C)Cc1ccn(C2CCCCC2)n1. The maximum Gasteiger partial charge on any atom is 0.0764 e. The van der Waals surface area contributed by atoms with Crippen molar-refractivity contribution in [2.24, 2.45) is 5.73 Å². The molecule has 1 saturated carbocycles. The first kappa shape index (κ1) is 15.5. The molecular weight excluding hydrogens is 248 g/mol. The third-order valence-corrected chi connectivity index (χ3v) is 5.13. The molecule has 1 aromatic rings. The topological polar surface area (TPSA) is 47.1 Å². The molecule has 114 valence electrons. The smallest absolute Gasteiger partial charge is 0.0764 e. The van der Waals surface area contributed by atoms with E-state index in [0.717, 1.165) is 18.7 Å². The van der Waals surface area contributed by atoms with E-state index in [4.69, 9.17) is 10.8 Å². The molecule has 1 aromatic heterocycles. The van der Waals surface area contributed by atoms with Crippen LogP contribution in [-0.4, -0.2) is 33.8 Å². The molecule has 0 aliphatic heterocycles. The first-order valence-corrected chi connectivity index (χ1v) is 8.04. The van der Waals surface area contributed by atoms with Crippen molar-refractivity contribution in [3.8, 4) is 0 Å². The Morgan fingerprint density at radius 1 is 1.40 bits per heavy atom. The van der Waals surface area contributed by atoms with Crippen LogP contribution in [0.1, 0.15) is 64.1 Å². The predicted octanol–water partition coefficient (Wildman–Crippen LogP) is 2.95. The number of likely N-dealkylation sites (N-methyl/N-ethyl adjacent to an activating group) is 1. The molecule has 0 bridgehead atoms. The average molecular weight is 278 g/mol. The van der Waals surface area contributed by atoms with Crippen molar-refractivity contribution in [3.63, 3.8) is 0 Å². The molecule has 2 rings (SSSR count). The Balaban J connectivity index is 1.98. The van der Waals surface area contributed by atoms with Gasteiger partial charge in [0.15, 0.2) is 0 Å². The summed E-state index contributed by atoms with van der Waals surface area (Å²) in [6.45, 7) is 5.99. The Labute approximate surface area is 123 Å². The lowest BCUT2D eigenvalue weighted by molar-refractivity contribution is 0.129. The van der Waals surface area contributed by atoms with Gasteiger partial charge in [-0.25, -0.2) is 0 Å². The molecule has 1 unspecified atom stereocenters. The molecule has 1 aliphatic rings. The highest BCUT2D eigenvalue weighted by Gasteiger charge is 2.26. The fourth-order valence-electron chi connectivity index (χ4n) is 3.01. The lowest BCUT2D eigenvalue weighted by Crippen LogP contribution is -2.48. The number of nitrogens with two attached hydrogens (primary N) is 1. The molecule has 4 nitrogen and oxygen atoms in total. The molecule has 20 heavy (non-hydrogen) atoms. The summed E-state index contributed by atoms with van der Waals surface area (Å²) in [4.78, 5) is 2.33. The predicted molar refractivity (Wildman–Crippen MR) is 83.6 cm³/mol. The standard InChI is InChI=1S/C16H30N4/c1-4-16(2,13-17)19(3)12-14-10-11-20(18-14)15-8-6-5-7-9-15/h10-11,15H,4-9,12-13,17H2,1-3H3. The molecule has 0 amide bonds. The number of hydrogen-bond acceptors (Lipinski definition) is 3. The van der Waals surface area contributed by atoms with Gasteiger partial charge < -0.3 is 5.73 Å². The minimum atomic E-state index is 0.0641. The molecule has 0 radical (unpaired) electrons. The van der Waals surface area contributed by atoms with Crippen LogP contribution in [0.2, 0.25) is 0 Å². The maximum absolute atomic E-state index is 5.93. The van der Waals surface area contributed by atoms with E-state index in [9.17, 15) is 0 Å². The van der Waals surface area contributed by atoms with Gasteiger partial charge in [0.05, 0.1) is 11.7 Å². The Bertz CT molecular complexity index is 402. The summed E-state index contributed by atoms with van der Waals surface area (Å²) in [6, 6.07) is 2.78. The minimum absolute atomic E-state index is 0.0641. The Morgan fingerprint density at radius 3 is 2.70 bits per heavy atom. The molecule has 2 N–H and O–H groups in total. The molecule has 1 aliphatic carbocycles. The molecule has 0 spiro atoms. The molecule has 1 fully saturated rings. The Hall–Kier alpha value is -0.870. The van der Waals surface area contributed by atoms with Crippen LogP contribution in [0.3, 0.4) is 0 Å². The van der Waals surface area contributed by atoms with Gasteiger partial charge in [0.1, 0.15) is 0 Å². The van der Waals surface area contributed by atoms with E-state index in [1.54, 1.807) is 0 Å². The van der Waals surface area contributed by atoms with E-state index in [0.29, 0.717) is 12.6 Å². The van der Waals surface area contributed by atoms with Gasteiger partial charge in [-0.2, -0.15) is 5.10 Å². The summed E-state index contributed by atoms with van der Waals surface area (Å²) in [5.74, 6) is 0. The first-order valence-electron chi connectivity index (χ1n) is 8.04. The number of hydrogen-bond donors (Lipinski definition) is 1. The minimum Gasteiger partial charge on any atom is -0.329 e. The lowest BCUT2D eigenvalue weighted by Gasteiger charge is -2.36. The van der Waals surface area contributed by atoms with Crippen LogP contribution in [0, 0.1) is 0 Å². The highest BCUT2D eigenvalue weighted by Crippen LogP contribution is 2.27. The van der Waals surface area contributed by atoms with Gasteiger partial charge in [-0.3, -0.25) is 9.58 Å². The van der Waals surface area contributed by atoms with Crippen molar-refractivity contribution in [1.29, 1.82) is 0 Å². The van der Waals surface area contributed by atoms with Gasteiger partial charge in [0.25, 0.3) is 0 Å². The zero-order valence-corrected chi connectivity index (χ0v) is 13.3. The maximum atomic E-state index is 5.93. The largest absolute Gasteiger partial charge is 0.329 e. The monoisotopic (exact) mass is 278 g/mol. The summed E-state index contributed by atoms with van der Waals surface area (Å²) in [5, 5.41) is 4.79. The van der Waals surface area contributed by atoms with Gasteiger partial charge in [0.2, 0.25) is 0 Å².